The Kier molecular flexibility index (Phi) is 6.52. The molecular weight excluding hydrogens is 316 g/mol. The lowest BCUT2D eigenvalue weighted by molar-refractivity contribution is 0.112. The first-order chi connectivity index (χ1) is 12.4. The Balaban J connectivity index is 2.29. The van der Waals surface area contributed by atoms with Gasteiger partial charge in [-0.1, -0.05) is 92.8 Å². The van der Waals surface area contributed by atoms with Gasteiger partial charge in [-0.25, -0.2) is 0 Å². The molecule has 0 aliphatic rings. The summed E-state index contributed by atoms with van der Waals surface area (Å²) in [5, 5.41) is 0. The molecule has 1 heteroatoms. The fraction of sp³-hybridized carbons (Fsp3) is 0.240. The van der Waals surface area contributed by atoms with Gasteiger partial charge >= 0.3 is 0 Å². The van der Waals surface area contributed by atoms with Crippen LogP contribution >= 0.6 is 0 Å². The third-order valence-electron chi connectivity index (χ3n) is 5.14. The van der Waals surface area contributed by atoms with Crippen LogP contribution in [-0.2, 0) is 5.41 Å². The molecular formula is C25H28O. The van der Waals surface area contributed by atoms with Crippen LogP contribution in [0.4, 0.5) is 0 Å². The van der Waals surface area contributed by atoms with Gasteiger partial charge in [0, 0.05) is 11.0 Å². The molecule has 2 unspecified atom stereocenters. The zero-order valence-corrected chi connectivity index (χ0v) is 16.0. The number of hydrogen-bond donors (Lipinski definition) is 0. The SMILES string of the molecule is C=CC(C)CC(C)(C(=C)C)c1cccc(C=Cc2ccc(C=O)cc2)c1. The molecule has 0 amide bonds. The largest absolute Gasteiger partial charge is 0.298 e. The highest BCUT2D eigenvalue weighted by Crippen LogP contribution is 2.37. The van der Waals surface area contributed by atoms with E-state index in [4.69, 9.17) is 0 Å². The van der Waals surface area contributed by atoms with Crippen molar-refractivity contribution in [3.63, 3.8) is 0 Å². The third-order valence-corrected chi connectivity index (χ3v) is 5.14. The van der Waals surface area contributed by atoms with Gasteiger partial charge in [-0.15, -0.1) is 6.58 Å². The first-order valence-electron chi connectivity index (χ1n) is 9.01. The van der Waals surface area contributed by atoms with Crippen molar-refractivity contribution in [2.24, 2.45) is 5.92 Å². The van der Waals surface area contributed by atoms with Crippen molar-refractivity contribution in [1.29, 1.82) is 0 Å². The molecule has 2 rings (SSSR count). The predicted octanol–water partition coefficient (Wildman–Crippen LogP) is 6.72. The molecule has 0 spiro atoms. The summed E-state index contributed by atoms with van der Waals surface area (Å²) < 4.78 is 0. The number of aldehydes is 1. The lowest BCUT2D eigenvalue weighted by Crippen LogP contribution is -2.25. The molecule has 0 aliphatic carbocycles. The van der Waals surface area contributed by atoms with Crippen molar-refractivity contribution in [1.82, 2.24) is 0 Å². The normalized spacial score (nSPS) is 14.6. The van der Waals surface area contributed by atoms with Crippen LogP contribution < -0.4 is 0 Å². The number of carbonyl (C=O) groups is 1. The molecule has 2 atom stereocenters. The maximum absolute atomic E-state index is 10.8. The van der Waals surface area contributed by atoms with E-state index < -0.39 is 0 Å². The molecule has 0 bridgehead atoms. The number of benzene rings is 2. The molecule has 0 saturated heterocycles. The summed E-state index contributed by atoms with van der Waals surface area (Å²) in [5.74, 6) is 0.423. The van der Waals surface area contributed by atoms with E-state index in [1.807, 2.05) is 30.3 Å². The summed E-state index contributed by atoms with van der Waals surface area (Å²) in [5.41, 5.74) is 5.28. The van der Waals surface area contributed by atoms with Gasteiger partial charge in [0.25, 0.3) is 0 Å². The molecule has 26 heavy (non-hydrogen) atoms. The lowest BCUT2D eigenvalue weighted by atomic mass is 9.71. The molecule has 2 aromatic carbocycles. The number of rotatable bonds is 8. The minimum atomic E-state index is -0.0803. The Bertz CT molecular complexity index is 810. The van der Waals surface area contributed by atoms with Gasteiger partial charge in [0.15, 0.2) is 0 Å². The second-order valence-electron chi connectivity index (χ2n) is 7.27. The summed E-state index contributed by atoms with van der Waals surface area (Å²) in [6.07, 6.45) is 8.03. The fourth-order valence-electron chi connectivity index (χ4n) is 3.13. The van der Waals surface area contributed by atoms with E-state index >= 15 is 0 Å². The first-order valence-corrected chi connectivity index (χ1v) is 9.01. The molecule has 0 radical (unpaired) electrons. The lowest BCUT2D eigenvalue weighted by Gasteiger charge is -2.33. The molecule has 0 N–H and O–H groups in total. The van der Waals surface area contributed by atoms with Gasteiger partial charge in [-0.05, 0) is 36.0 Å². The van der Waals surface area contributed by atoms with E-state index in [1.54, 1.807) is 0 Å². The van der Waals surface area contributed by atoms with Crippen LogP contribution in [0.25, 0.3) is 12.2 Å². The van der Waals surface area contributed by atoms with Gasteiger partial charge in [0.05, 0.1) is 0 Å². The number of hydrogen-bond acceptors (Lipinski definition) is 1. The second kappa shape index (κ2) is 8.62. The van der Waals surface area contributed by atoms with Crippen molar-refractivity contribution in [3.8, 4) is 0 Å². The highest BCUT2D eigenvalue weighted by Gasteiger charge is 2.29. The van der Waals surface area contributed by atoms with Crippen molar-refractivity contribution < 1.29 is 4.79 Å². The summed E-state index contributed by atoms with van der Waals surface area (Å²) in [7, 11) is 0. The fourth-order valence-corrected chi connectivity index (χ4v) is 3.13. The maximum atomic E-state index is 10.8. The van der Waals surface area contributed by atoms with E-state index in [2.05, 4.69) is 70.3 Å². The summed E-state index contributed by atoms with van der Waals surface area (Å²) in [6, 6.07) is 16.2. The Hall–Kier alpha value is -2.67. The maximum Gasteiger partial charge on any atom is 0.150 e. The Morgan fingerprint density at radius 2 is 1.69 bits per heavy atom. The Morgan fingerprint density at radius 3 is 2.27 bits per heavy atom. The van der Waals surface area contributed by atoms with Crippen LogP contribution in [0.5, 0.6) is 0 Å². The quantitative estimate of drug-likeness (QED) is 0.295. The molecule has 134 valence electrons. The van der Waals surface area contributed by atoms with Crippen LogP contribution in [0.3, 0.4) is 0 Å². The average molecular weight is 344 g/mol. The van der Waals surface area contributed by atoms with Crippen LogP contribution in [-0.4, -0.2) is 6.29 Å². The monoisotopic (exact) mass is 344 g/mol. The van der Waals surface area contributed by atoms with Gasteiger partial charge in [0.1, 0.15) is 6.29 Å². The summed E-state index contributed by atoms with van der Waals surface area (Å²) in [6.45, 7) is 14.7. The topological polar surface area (TPSA) is 17.1 Å². The smallest absolute Gasteiger partial charge is 0.150 e. The predicted molar refractivity (Wildman–Crippen MR) is 113 cm³/mol. The van der Waals surface area contributed by atoms with Crippen LogP contribution in [0.2, 0.25) is 0 Å². The van der Waals surface area contributed by atoms with Crippen molar-refractivity contribution in [2.45, 2.75) is 32.6 Å². The molecule has 0 saturated carbocycles. The van der Waals surface area contributed by atoms with Gasteiger partial charge in [-0.3, -0.25) is 4.79 Å². The van der Waals surface area contributed by atoms with Crippen LogP contribution in [0.1, 0.15) is 54.2 Å². The zero-order chi connectivity index (χ0) is 19.2. The molecule has 1 nitrogen and oxygen atoms in total. The van der Waals surface area contributed by atoms with Crippen molar-refractivity contribution >= 4 is 18.4 Å². The Labute approximate surface area is 157 Å². The van der Waals surface area contributed by atoms with E-state index in [0.717, 1.165) is 29.4 Å². The van der Waals surface area contributed by atoms with Gasteiger partial charge < -0.3 is 0 Å². The molecule has 0 aliphatic heterocycles. The van der Waals surface area contributed by atoms with Crippen molar-refractivity contribution in [3.05, 3.63) is 95.6 Å². The van der Waals surface area contributed by atoms with E-state index in [-0.39, 0.29) is 5.41 Å². The number of allylic oxidation sites excluding steroid dienone is 2. The van der Waals surface area contributed by atoms with E-state index in [0.29, 0.717) is 11.5 Å². The molecule has 0 aromatic heterocycles. The van der Waals surface area contributed by atoms with Gasteiger partial charge in [-0.2, -0.15) is 0 Å². The molecule has 0 fully saturated rings. The van der Waals surface area contributed by atoms with E-state index in [9.17, 15) is 4.79 Å². The van der Waals surface area contributed by atoms with E-state index in [1.165, 1.54) is 5.56 Å². The van der Waals surface area contributed by atoms with Crippen LogP contribution in [0.15, 0.2) is 73.3 Å². The highest BCUT2D eigenvalue weighted by atomic mass is 16.1. The molecule has 0 heterocycles. The number of carbonyl (C=O) groups excluding carboxylic acids is 1. The summed E-state index contributed by atoms with van der Waals surface area (Å²) >= 11 is 0. The second-order valence-corrected chi connectivity index (χ2v) is 7.27. The minimum absolute atomic E-state index is 0.0803. The summed E-state index contributed by atoms with van der Waals surface area (Å²) in [4.78, 5) is 10.8. The zero-order valence-electron chi connectivity index (χ0n) is 16.0. The first kappa shape index (κ1) is 19.7. The van der Waals surface area contributed by atoms with Gasteiger partial charge in [0.2, 0.25) is 0 Å². The average Bonchev–Trinajstić information content (AvgIpc) is 2.66. The Morgan fingerprint density at radius 1 is 1.08 bits per heavy atom. The standard InChI is InChI=1S/C25H28O/c1-6-20(4)17-25(5,19(2)3)24-9-7-8-22(16-24)13-10-21-11-14-23(18-26)15-12-21/h6-16,18,20H,1-2,17H2,3-5H3. The molecule has 2 aromatic rings. The highest BCUT2D eigenvalue weighted by molar-refractivity contribution is 5.76. The van der Waals surface area contributed by atoms with Crippen molar-refractivity contribution in [2.75, 3.05) is 0 Å². The third kappa shape index (κ3) is 4.70. The minimum Gasteiger partial charge on any atom is -0.298 e. The van der Waals surface area contributed by atoms with Crippen LogP contribution in [0, 0.1) is 5.92 Å².